The minimum Gasteiger partial charge on any atom is -0.444 e. The molecule has 27 heavy (non-hydrogen) atoms. The summed E-state index contributed by atoms with van der Waals surface area (Å²) in [6, 6.07) is 6.70. The van der Waals surface area contributed by atoms with Crippen molar-refractivity contribution in [3.05, 3.63) is 35.6 Å². The van der Waals surface area contributed by atoms with Crippen LogP contribution in [-0.4, -0.2) is 48.7 Å². The Bertz CT molecular complexity index is 645. The van der Waals surface area contributed by atoms with Crippen molar-refractivity contribution in [2.75, 3.05) is 20.1 Å². The van der Waals surface area contributed by atoms with Gasteiger partial charge in [-0.05, 0) is 51.3 Å². The number of benzene rings is 1. The molecule has 1 saturated carbocycles. The molecule has 6 nitrogen and oxygen atoms in total. The van der Waals surface area contributed by atoms with Gasteiger partial charge in [0.1, 0.15) is 11.4 Å². The van der Waals surface area contributed by atoms with Gasteiger partial charge in [-0.3, -0.25) is 4.99 Å². The number of nitrogens with zero attached hydrogens (tertiary/aromatic N) is 2. The number of hydrogen-bond acceptors (Lipinski definition) is 3. The quantitative estimate of drug-likeness (QED) is 0.363. The topological polar surface area (TPSA) is 66.0 Å². The molecule has 0 aliphatic heterocycles. The maximum Gasteiger partial charge on any atom is 0.410 e. The predicted molar refractivity (Wildman–Crippen MR) is 116 cm³/mol. The summed E-state index contributed by atoms with van der Waals surface area (Å²) in [5, 5.41) is 6.32. The summed E-state index contributed by atoms with van der Waals surface area (Å²) in [5.41, 5.74) is 0.335. The molecule has 0 bridgehead atoms. The van der Waals surface area contributed by atoms with Gasteiger partial charge in [0.15, 0.2) is 5.96 Å². The normalized spacial score (nSPS) is 14.2. The van der Waals surface area contributed by atoms with E-state index in [0.717, 1.165) is 18.4 Å². The first-order valence-corrected chi connectivity index (χ1v) is 8.97. The number of carbonyl (C=O) groups excluding carboxylic acids is 1. The Balaban J connectivity index is 0.00000364. The first-order chi connectivity index (χ1) is 12.3. The minimum absolute atomic E-state index is 0. The van der Waals surface area contributed by atoms with Gasteiger partial charge < -0.3 is 20.3 Å². The van der Waals surface area contributed by atoms with Crippen LogP contribution in [0.5, 0.6) is 0 Å². The Morgan fingerprint density at radius 3 is 2.59 bits per heavy atom. The Hall–Kier alpha value is -1.58. The number of carbonyl (C=O) groups is 1. The molecular formula is C19H30FIN4O2. The number of rotatable bonds is 6. The van der Waals surface area contributed by atoms with Gasteiger partial charge in [0.25, 0.3) is 0 Å². The number of ether oxygens (including phenoxy) is 1. The van der Waals surface area contributed by atoms with Gasteiger partial charge in [0.05, 0.1) is 0 Å². The van der Waals surface area contributed by atoms with Crippen LogP contribution in [0.15, 0.2) is 29.3 Å². The van der Waals surface area contributed by atoms with E-state index in [9.17, 15) is 9.18 Å². The molecule has 0 radical (unpaired) electrons. The number of hydrogen-bond donors (Lipinski definition) is 2. The molecule has 1 amide bonds. The SMILES string of the molecule is CN=C(NCCN(C(=O)OC(C)(C)C)C1CC1)NCc1cccc(F)c1.I. The van der Waals surface area contributed by atoms with Crippen LogP contribution in [0.3, 0.4) is 0 Å². The van der Waals surface area contributed by atoms with Gasteiger partial charge in [0, 0.05) is 32.7 Å². The highest BCUT2D eigenvalue weighted by Crippen LogP contribution is 2.27. The lowest BCUT2D eigenvalue weighted by atomic mass is 10.2. The van der Waals surface area contributed by atoms with E-state index in [4.69, 9.17) is 4.74 Å². The van der Waals surface area contributed by atoms with Crippen LogP contribution in [0.25, 0.3) is 0 Å². The largest absolute Gasteiger partial charge is 0.444 e. The fourth-order valence-electron chi connectivity index (χ4n) is 2.48. The average Bonchev–Trinajstić information content (AvgIpc) is 3.37. The molecule has 1 aliphatic carbocycles. The van der Waals surface area contributed by atoms with Crippen LogP contribution in [0, 0.1) is 5.82 Å². The van der Waals surface area contributed by atoms with Crippen LogP contribution < -0.4 is 10.6 Å². The van der Waals surface area contributed by atoms with Gasteiger partial charge in [-0.25, -0.2) is 9.18 Å². The van der Waals surface area contributed by atoms with Gasteiger partial charge >= 0.3 is 6.09 Å². The Kier molecular flexibility index (Phi) is 9.28. The fraction of sp³-hybridized carbons (Fsp3) is 0.579. The van der Waals surface area contributed by atoms with Crippen molar-refractivity contribution in [3.63, 3.8) is 0 Å². The molecule has 0 saturated heterocycles. The smallest absolute Gasteiger partial charge is 0.410 e. The summed E-state index contributed by atoms with van der Waals surface area (Å²) in [4.78, 5) is 18.3. The van der Waals surface area contributed by atoms with Crippen molar-refractivity contribution in [2.24, 2.45) is 4.99 Å². The Morgan fingerprint density at radius 1 is 1.33 bits per heavy atom. The first-order valence-electron chi connectivity index (χ1n) is 8.97. The summed E-state index contributed by atoms with van der Waals surface area (Å²) < 4.78 is 18.7. The van der Waals surface area contributed by atoms with Crippen molar-refractivity contribution in [3.8, 4) is 0 Å². The number of nitrogens with one attached hydrogen (secondary N) is 2. The van der Waals surface area contributed by atoms with E-state index in [-0.39, 0.29) is 41.9 Å². The average molecular weight is 492 g/mol. The second kappa shape index (κ2) is 10.7. The molecule has 1 aromatic carbocycles. The van der Waals surface area contributed by atoms with Crippen molar-refractivity contribution < 1.29 is 13.9 Å². The summed E-state index contributed by atoms with van der Waals surface area (Å²) in [6.07, 6.45) is 1.77. The molecule has 0 spiro atoms. The third-order valence-corrected chi connectivity index (χ3v) is 3.83. The van der Waals surface area contributed by atoms with Gasteiger partial charge in [0.2, 0.25) is 0 Å². The molecule has 0 atom stereocenters. The van der Waals surface area contributed by atoms with Crippen molar-refractivity contribution in [1.82, 2.24) is 15.5 Å². The molecule has 2 rings (SSSR count). The number of halogens is 2. The van der Waals surface area contributed by atoms with Crippen LogP contribution >= 0.6 is 24.0 Å². The van der Waals surface area contributed by atoms with E-state index >= 15 is 0 Å². The highest BCUT2D eigenvalue weighted by molar-refractivity contribution is 14.0. The molecule has 2 N–H and O–H groups in total. The third-order valence-electron chi connectivity index (χ3n) is 3.83. The van der Waals surface area contributed by atoms with Crippen LogP contribution in [0.4, 0.5) is 9.18 Å². The fourth-order valence-corrected chi connectivity index (χ4v) is 2.48. The molecule has 0 unspecified atom stereocenters. The molecule has 1 aromatic rings. The van der Waals surface area contributed by atoms with Crippen LogP contribution in [0.2, 0.25) is 0 Å². The minimum atomic E-state index is -0.500. The number of guanidine groups is 1. The van der Waals surface area contributed by atoms with E-state index in [0.29, 0.717) is 25.6 Å². The summed E-state index contributed by atoms with van der Waals surface area (Å²) in [5.74, 6) is 0.346. The van der Waals surface area contributed by atoms with E-state index in [1.54, 1.807) is 18.0 Å². The van der Waals surface area contributed by atoms with Crippen LogP contribution in [0.1, 0.15) is 39.2 Å². The molecule has 0 aromatic heterocycles. The standard InChI is InChI=1S/C19H29FN4O2.HI/c1-19(2,3)26-18(25)24(16-8-9-16)11-10-22-17(21-4)23-13-14-6-5-7-15(20)12-14;/h5-7,12,16H,8-11,13H2,1-4H3,(H2,21,22,23);1H. The monoisotopic (exact) mass is 492 g/mol. The van der Waals surface area contributed by atoms with Crippen LogP contribution in [-0.2, 0) is 11.3 Å². The molecule has 0 heterocycles. The lowest BCUT2D eigenvalue weighted by Gasteiger charge is -2.27. The van der Waals surface area contributed by atoms with Gasteiger partial charge in [-0.2, -0.15) is 0 Å². The van der Waals surface area contributed by atoms with E-state index in [1.165, 1.54) is 12.1 Å². The van der Waals surface area contributed by atoms with Crippen molar-refractivity contribution >= 4 is 36.0 Å². The predicted octanol–water partition coefficient (Wildman–Crippen LogP) is 3.51. The summed E-state index contributed by atoms with van der Waals surface area (Å²) >= 11 is 0. The van der Waals surface area contributed by atoms with E-state index in [2.05, 4.69) is 15.6 Å². The summed E-state index contributed by atoms with van der Waals surface area (Å²) in [7, 11) is 1.67. The van der Waals surface area contributed by atoms with Crippen molar-refractivity contribution in [2.45, 2.75) is 51.8 Å². The zero-order valence-electron chi connectivity index (χ0n) is 16.4. The Morgan fingerprint density at radius 2 is 2.04 bits per heavy atom. The lowest BCUT2D eigenvalue weighted by molar-refractivity contribution is 0.0238. The highest BCUT2D eigenvalue weighted by Gasteiger charge is 2.34. The molecule has 8 heteroatoms. The maximum absolute atomic E-state index is 13.2. The second-order valence-electron chi connectivity index (χ2n) is 7.39. The lowest BCUT2D eigenvalue weighted by Crippen LogP contribution is -2.45. The number of amides is 1. The number of aliphatic imine (C=N–C) groups is 1. The maximum atomic E-state index is 13.2. The second-order valence-corrected chi connectivity index (χ2v) is 7.39. The van der Waals surface area contributed by atoms with E-state index in [1.807, 2.05) is 26.8 Å². The van der Waals surface area contributed by atoms with E-state index < -0.39 is 5.60 Å². The highest BCUT2D eigenvalue weighted by atomic mass is 127. The Labute approximate surface area is 178 Å². The van der Waals surface area contributed by atoms with Crippen molar-refractivity contribution in [1.29, 1.82) is 0 Å². The van der Waals surface area contributed by atoms with Gasteiger partial charge in [-0.1, -0.05) is 12.1 Å². The molecule has 1 aliphatic rings. The molecule has 152 valence electrons. The third kappa shape index (κ3) is 8.77. The van der Waals surface area contributed by atoms with Gasteiger partial charge in [-0.15, -0.1) is 24.0 Å². The molecular weight excluding hydrogens is 462 g/mol. The zero-order chi connectivity index (χ0) is 19.2. The molecule has 1 fully saturated rings. The first kappa shape index (κ1) is 23.5. The zero-order valence-corrected chi connectivity index (χ0v) is 18.7. The summed E-state index contributed by atoms with van der Waals surface area (Å²) in [6.45, 7) is 7.17.